The van der Waals surface area contributed by atoms with Crippen molar-refractivity contribution in [1.29, 1.82) is 0 Å². The third kappa shape index (κ3) is 19.4. The van der Waals surface area contributed by atoms with Crippen molar-refractivity contribution in [3.05, 3.63) is 231 Å². The van der Waals surface area contributed by atoms with Crippen molar-refractivity contribution in [2.45, 2.75) is 261 Å². The average molecular weight is 1460 g/mol. The summed E-state index contributed by atoms with van der Waals surface area (Å²) < 4.78 is 32.9. The molecule has 2 heterocycles. The van der Waals surface area contributed by atoms with Crippen LogP contribution in [-0.2, 0) is 109 Å². The van der Waals surface area contributed by atoms with Crippen LogP contribution in [0.15, 0.2) is 97.1 Å². The van der Waals surface area contributed by atoms with E-state index in [4.69, 9.17) is 23.7 Å². The van der Waals surface area contributed by atoms with Gasteiger partial charge in [-0.25, -0.2) is 0 Å². The molecule has 107 heavy (non-hydrogen) atoms. The lowest BCUT2D eigenvalue weighted by atomic mass is 9.79. The highest BCUT2D eigenvalue weighted by molar-refractivity contribution is 5.62. The Kier molecular flexibility index (Phi) is 23.5. The molecule has 11 heteroatoms. The minimum atomic E-state index is -0.365. The van der Waals surface area contributed by atoms with Gasteiger partial charge in [0.05, 0.1) is 39.6 Å². The summed E-state index contributed by atoms with van der Waals surface area (Å²) >= 11 is 0. The molecule has 576 valence electrons. The standard InChI is InChI=1S/C96H126O11/c1-89(2,3)73-41-57-33-61-45-75(91(7,8)9)49-65(83(61)99)37-69-53-79(95(19,20)21)55-71-39-67-51-77(93(13,14)15)47-63(85(67)101)35-59-43-74(90(4,5)6)44-60(82(59)98)36-64-48-78(94(16,17)18)52-68(86(64)102)40-72-56-80(96(22,23)24)54-70(88(72)107-32-30-105-28-26-103-25-27-104-29-31-106-87(69)71)38-66-50-76(92(10,11)12)46-62(84(66)100)34-58(42-73)81(57)97/h41-56,97-102H,25-40H2,1-24H3. The highest BCUT2D eigenvalue weighted by Crippen LogP contribution is 2.47. The number of fused-ring (bicyclic) bond motifs is 24. The maximum absolute atomic E-state index is 13.2. The lowest BCUT2D eigenvalue weighted by molar-refractivity contribution is 0.00484. The second-order valence-electron chi connectivity index (χ2n) is 39.1. The van der Waals surface area contributed by atoms with Gasteiger partial charge in [0.1, 0.15) is 59.2 Å². The quantitative estimate of drug-likeness (QED) is 0.0800. The molecule has 0 amide bonds. The van der Waals surface area contributed by atoms with Crippen LogP contribution in [0.2, 0.25) is 0 Å². The van der Waals surface area contributed by atoms with Crippen LogP contribution in [0.25, 0.3) is 0 Å². The molecular weight excluding hydrogens is 1330 g/mol. The van der Waals surface area contributed by atoms with Crippen molar-refractivity contribution in [2.75, 3.05) is 52.9 Å². The number of hydrogen-bond donors (Lipinski definition) is 6. The van der Waals surface area contributed by atoms with E-state index in [9.17, 15) is 30.6 Å². The Labute approximate surface area is 641 Å². The molecule has 14 bridgehead atoms. The first-order valence-corrected chi connectivity index (χ1v) is 39.0. The van der Waals surface area contributed by atoms with E-state index in [0.717, 1.165) is 66.8 Å². The topological polar surface area (TPSA) is 168 Å². The minimum absolute atomic E-state index is 0.101. The fourth-order valence-corrected chi connectivity index (χ4v) is 14.6. The average Bonchev–Trinajstić information content (AvgIpc) is 0.768. The van der Waals surface area contributed by atoms with Crippen molar-refractivity contribution < 1.29 is 54.3 Å². The summed E-state index contributed by atoms with van der Waals surface area (Å²) in [7, 11) is 0. The molecule has 0 saturated carbocycles. The molecule has 0 atom stereocenters. The molecule has 8 aromatic rings. The first-order valence-electron chi connectivity index (χ1n) is 39.0. The third-order valence-corrected chi connectivity index (χ3v) is 21.8. The van der Waals surface area contributed by atoms with E-state index in [0.29, 0.717) is 105 Å². The Morgan fingerprint density at radius 2 is 0.290 bits per heavy atom. The third-order valence-electron chi connectivity index (χ3n) is 21.8. The Bertz CT molecular complexity index is 4060. The lowest BCUT2D eigenvalue weighted by Gasteiger charge is -2.27. The van der Waals surface area contributed by atoms with Crippen molar-refractivity contribution in [2.24, 2.45) is 0 Å². The second kappa shape index (κ2) is 30.8. The number of aromatic hydroxyl groups is 6. The summed E-state index contributed by atoms with van der Waals surface area (Å²) in [4.78, 5) is 0. The van der Waals surface area contributed by atoms with Gasteiger partial charge in [0.2, 0.25) is 0 Å². The summed E-state index contributed by atoms with van der Waals surface area (Å²) in [5, 5.41) is 78.8. The number of hydrogen-bond acceptors (Lipinski definition) is 11. The molecule has 6 N–H and O–H groups in total. The number of phenolic OH excluding ortho intramolecular Hbond substituents is 6. The van der Waals surface area contributed by atoms with Crippen molar-refractivity contribution in [3.63, 3.8) is 0 Å². The zero-order valence-corrected chi connectivity index (χ0v) is 69.3. The van der Waals surface area contributed by atoms with Crippen molar-refractivity contribution >= 4 is 0 Å². The van der Waals surface area contributed by atoms with Crippen LogP contribution in [0.3, 0.4) is 0 Å². The lowest BCUT2D eigenvalue weighted by Crippen LogP contribution is -2.17. The van der Waals surface area contributed by atoms with Gasteiger partial charge in [0.15, 0.2) is 0 Å². The fraction of sp³-hybridized carbons (Fsp3) is 0.500. The van der Waals surface area contributed by atoms with Gasteiger partial charge in [0, 0.05) is 51.4 Å². The van der Waals surface area contributed by atoms with Crippen molar-refractivity contribution in [1.82, 2.24) is 0 Å². The molecule has 0 unspecified atom stereocenters. The van der Waals surface area contributed by atoms with Crippen LogP contribution >= 0.6 is 0 Å². The van der Waals surface area contributed by atoms with Gasteiger partial charge >= 0.3 is 0 Å². The van der Waals surface area contributed by atoms with E-state index in [1.165, 1.54) is 0 Å². The molecule has 8 aromatic carbocycles. The normalized spacial score (nSPS) is 15.5. The number of ether oxygens (including phenoxy) is 5. The smallest absolute Gasteiger partial charge is 0.126 e. The molecule has 0 saturated heterocycles. The highest BCUT2D eigenvalue weighted by atomic mass is 16.6. The van der Waals surface area contributed by atoms with Crippen LogP contribution in [0.5, 0.6) is 46.0 Å². The Balaban J connectivity index is 1.32. The summed E-state index contributed by atoms with van der Waals surface area (Å²) in [5.41, 5.74) is 16.7. The van der Waals surface area contributed by atoms with Gasteiger partial charge in [-0.05, 0) is 177 Å². The first-order chi connectivity index (χ1) is 49.5. The number of phenols is 6. The second-order valence-corrected chi connectivity index (χ2v) is 39.1. The van der Waals surface area contributed by atoms with E-state index in [2.05, 4.69) is 263 Å². The summed E-state index contributed by atoms with van der Waals surface area (Å²) in [6.07, 6.45) is 1.91. The Hall–Kier alpha value is -7.96. The molecule has 10 rings (SSSR count). The molecule has 0 radical (unpaired) electrons. The predicted molar refractivity (Wildman–Crippen MR) is 437 cm³/mol. The number of rotatable bonds is 0. The molecule has 0 aromatic heterocycles. The maximum atomic E-state index is 13.2. The molecule has 0 aliphatic carbocycles. The van der Waals surface area contributed by atoms with Gasteiger partial charge in [-0.2, -0.15) is 0 Å². The van der Waals surface area contributed by atoms with Crippen LogP contribution < -0.4 is 9.47 Å². The zero-order chi connectivity index (χ0) is 78.6. The highest BCUT2D eigenvalue weighted by Gasteiger charge is 2.32. The maximum Gasteiger partial charge on any atom is 0.126 e. The number of benzene rings is 8. The monoisotopic (exact) mass is 1450 g/mol. The van der Waals surface area contributed by atoms with Crippen LogP contribution in [0.1, 0.15) is 300 Å². The van der Waals surface area contributed by atoms with Crippen LogP contribution in [-0.4, -0.2) is 83.5 Å². The molecular formula is C96H126O11. The van der Waals surface area contributed by atoms with E-state index < -0.39 is 0 Å². The van der Waals surface area contributed by atoms with E-state index in [-0.39, 0.29) is 156 Å². The molecule has 0 spiro atoms. The van der Waals surface area contributed by atoms with Gasteiger partial charge < -0.3 is 54.3 Å². The fourth-order valence-electron chi connectivity index (χ4n) is 14.6. The Morgan fingerprint density at radius 3 is 0.421 bits per heavy atom. The van der Waals surface area contributed by atoms with E-state index in [1.807, 2.05) is 0 Å². The summed E-state index contributed by atoms with van der Waals surface area (Å²) in [5.74, 6) is 1.94. The molecule has 2 aliphatic heterocycles. The van der Waals surface area contributed by atoms with E-state index >= 15 is 0 Å². The SMILES string of the molecule is CC(C)(C)c1cc2c(O)c(c1)Cc1cc(C(C)(C)C)cc(c1O)Cc1cc(C(C)(C)C)cc3c1OCCOCCOCCOCCOc1c(cc(C(C)(C)C)cc1Cc1cc(C(C)(C)C)cc(c1O)Cc1cc(C(C)(C)C)cc(c1O)Cc1cc(C(C)(C)C)cc(c1O)C3)Cc1cc(C(C)(C)C)cc(c1O)C2. The van der Waals surface area contributed by atoms with E-state index in [1.54, 1.807) is 0 Å². The van der Waals surface area contributed by atoms with Gasteiger partial charge in [-0.1, -0.05) is 263 Å². The Morgan fingerprint density at radius 1 is 0.178 bits per heavy atom. The van der Waals surface area contributed by atoms with Gasteiger partial charge in [-0.3, -0.25) is 0 Å². The van der Waals surface area contributed by atoms with Crippen molar-refractivity contribution in [3.8, 4) is 46.0 Å². The predicted octanol–water partition coefficient (Wildman–Crippen LogP) is 21.2. The summed E-state index contributed by atoms with van der Waals surface area (Å²) in [6.45, 7) is 54.6. The van der Waals surface area contributed by atoms with Gasteiger partial charge in [-0.15, -0.1) is 0 Å². The molecule has 11 nitrogen and oxygen atoms in total. The minimum Gasteiger partial charge on any atom is -0.507 e. The van der Waals surface area contributed by atoms with Crippen LogP contribution in [0, 0.1) is 0 Å². The summed E-state index contributed by atoms with van der Waals surface area (Å²) in [6, 6.07) is 34.0. The van der Waals surface area contributed by atoms with Gasteiger partial charge in [0.25, 0.3) is 0 Å². The zero-order valence-electron chi connectivity index (χ0n) is 69.3. The first kappa shape index (κ1) is 81.6. The largest absolute Gasteiger partial charge is 0.507 e. The molecule has 0 fully saturated rings. The van der Waals surface area contributed by atoms with Crippen LogP contribution in [0.4, 0.5) is 0 Å². The molecule has 2 aliphatic rings.